The van der Waals surface area contributed by atoms with E-state index < -0.39 is 29.7 Å². The lowest BCUT2D eigenvalue weighted by Gasteiger charge is -2.25. The van der Waals surface area contributed by atoms with Gasteiger partial charge in [-0.1, -0.05) is 23.7 Å². The number of nitrogens with zero attached hydrogens (tertiary/aromatic N) is 1. The first-order valence-corrected chi connectivity index (χ1v) is 6.35. The summed E-state index contributed by atoms with van der Waals surface area (Å²) in [5, 5.41) is 9.75. The number of aliphatic carboxylic acids is 1. The number of hydrogen-bond donors (Lipinski definition) is 2. The van der Waals surface area contributed by atoms with E-state index in [0.717, 1.165) is 4.90 Å². The van der Waals surface area contributed by atoms with Gasteiger partial charge in [-0.05, 0) is 17.7 Å². The van der Waals surface area contributed by atoms with Gasteiger partial charge < -0.3 is 15.7 Å². The minimum absolute atomic E-state index is 0.0116. The first-order chi connectivity index (χ1) is 9.40. The summed E-state index contributed by atoms with van der Waals surface area (Å²) in [6, 6.07) is 5.13. The number of benzene rings is 1. The van der Waals surface area contributed by atoms with Crippen molar-refractivity contribution in [2.75, 3.05) is 6.54 Å². The van der Waals surface area contributed by atoms with E-state index in [0.29, 0.717) is 10.6 Å². The van der Waals surface area contributed by atoms with Gasteiger partial charge in [0.25, 0.3) is 0 Å². The van der Waals surface area contributed by atoms with Crippen molar-refractivity contribution in [3.8, 4) is 0 Å². The molecule has 2 amide bonds. The molecule has 2 atom stereocenters. The van der Waals surface area contributed by atoms with Crippen LogP contribution in [0.2, 0.25) is 5.02 Å². The second kappa shape index (κ2) is 5.50. The summed E-state index contributed by atoms with van der Waals surface area (Å²) in [6.07, 6.45) is -0.0559. The largest absolute Gasteiger partial charge is 0.479 e. The van der Waals surface area contributed by atoms with Crippen molar-refractivity contribution in [1.29, 1.82) is 0 Å². The fourth-order valence-corrected chi connectivity index (χ4v) is 2.50. The molecule has 1 saturated heterocycles. The van der Waals surface area contributed by atoms with Crippen molar-refractivity contribution in [3.63, 3.8) is 0 Å². The molecule has 2 unspecified atom stereocenters. The van der Waals surface area contributed by atoms with Crippen molar-refractivity contribution in [3.05, 3.63) is 34.9 Å². The summed E-state index contributed by atoms with van der Waals surface area (Å²) in [5.41, 5.74) is 5.57. The van der Waals surface area contributed by atoms with Crippen LogP contribution in [0.5, 0.6) is 0 Å². The van der Waals surface area contributed by atoms with Crippen LogP contribution in [0, 0.1) is 5.92 Å². The highest BCUT2D eigenvalue weighted by molar-refractivity contribution is 6.30. The summed E-state index contributed by atoms with van der Waals surface area (Å²) in [4.78, 5) is 35.7. The minimum Gasteiger partial charge on any atom is -0.479 e. The van der Waals surface area contributed by atoms with Gasteiger partial charge in [0.05, 0.1) is 5.92 Å². The fraction of sp³-hybridized carbons (Fsp3) is 0.308. The molecule has 20 heavy (non-hydrogen) atoms. The Hall–Kier alpha value is -2.08. The molecule has 1 aromatic carbocycles. The highest BCUT2D eigenvalue weighted by Crippen LogP contribution is 2.30. The van der Waals surface area contributed by atoms with Gasteiger partial charge >= 0.3 is 5.97 Å². The molecule has 0 aromatic heterocycles. The normalized spacial score (nSPS) is 19.9. The third-order valence-electron chi connectivity index (χ3n) is 3.27. The van der Waals surface area contributed by atoms with E-state index >= 15 is 0 Å². The number of nitrogens with two attached hydrogens (primary N) is 1. The Labute approximate surface area is 120 Å². The van der Waals surface area contributed by atoms with Gasteiger partial charge in [-0.25, -0.2) is 4.79 Å². The predicted octanol–water partition coefficient (Wildman–Crippen LogP) is 0.800. The standard InChI is InChI=1S/C13H13ClN2O4/c14-9-3-1-2-7(4-9)11(13(19)20)16-6-8(12(15)18)5-10(16)17/h1-4,8,11H,5-6H2,(H2,15,18)(H,19,20). The summed E-state index contributed by atoms with van der Waals surface area (Å²) in [5.74, 6) is -2.83. The average molecular weight is 297 g/mol. The van der Waals surface area contributed by atoms with E-state index in [4.69, 9.17) is 17.3 Å². The zero-order valence-electron chi connectivity index (χ0n) is 10.5. The molecule has 1 fully saturated rings. The first-order valence-electron chi connectivity index (χ1n) is 5.97. The molecule has 2 rings (SSSR count). The molecule has 1 heterocycles. The fourth-order valence-electron chi connectivity index (χ4n) is 2.30. The zero-order valence-corrected chi connectivity index (χ0v) is 11.2. The number of rotatable bonds is 4. The minimum atomic E-state index is -1.18. The second-order valence-corrected chi connectivity index (χ2v) is 5.08. The zero-order chi connectivity index (χ0) is 14.9. The third kappa shape index (κ3) is 2.75. The van der Waals surface area contributed by atoms with E-state index in [1.807, 2.05) is 0 Å². The lowest BCUT2D eigenvalue weighted by molar-refractivity contribution is -0.148. The van der Waals surface area contributed by atoms with E-state index in [-0.39, 0.29) is 13.0 Å². The van der Waals surface area contributed by atoms with E-state index in [1.54, 1.807) is 18.2 Å². The number of hydrogen-bond acceptors (Lipinski definition) is 3. The van der Waals surface area contributed by atoms with Crippen molar-refractivity contribution in [2.45, 2.75) is 12.5 Å². The molecule has 1 aromatic rings. The Morgan fingerprint density at radius 1 is 1.45 bits per heavy atom. The van der Waals surface area contributed by atoms with Gasteiger partial charge in [0.2, 0.25) is 11.8 Å². The second-order valence-electron chi connectivity index (χ2n) is 4.65. The maximum atomic E-state index is 11.9. The van der Waals surface area contributed by atoms with Gasteiger partial charge in [-0.15, -0.1) is 0 Å². The summed E-state index contributed by atoms with van der Waals surface area (Å²) < 4.78 is 0. The molecular weight excluding hydrogens is 284 g/mol. The van der Waals surface area contributed by atoms with Crippen molar-refractivity contribution in [1.82, 2.24) is 4.90 Å². The number of primary amides is 1. The molecule has 0 bridgehead atoms. The highest BCUT2D eigenvalue weighted by Gasteiger charge is 2.40. The number of carboxylic acids is 1. The Kier molecular flexibility index (Phi) is 3.94. The highest BCUT2D eigenvalue weighted by atomic mass is 35.5. The van der Waals surface area contributed by atoms with Gasteiger partial charge in [-0.2, -0.15) is 0 Å². The van der Waals surface area contributed by atoms with Crippen LogP contribution in [0.25, 0.3) is 0 Å². The Morgan fingerprint density at radius 3 is 2.65 bits per heavy atom. The number of carboxylic acid groups (broad SMARTS) is 1. The van der Waals surface area contributed by atoms with Crippen LogP contribution in [0.1, 0.15) is 18.0 Å². The maximum absolute atomic E-state index is 11.9. The molecule has 0 radical (unpaired) electrons. The SMILES string of the molecule is NC(=O)C1CC(=O)N(C(C(=O)O)c2cccc(Cl)c2)C1. The number of amides is 2. The molecule has 7 heteroatoms. The number of likely N-dealkylation sites (tertiary alicyclic amines) is 1. The van der Waals surface area contributed by atoms with Gasteiger partial charge in [0, 0.05) is 18.0 Å². The van der Waals surface area contributed by atoms with Crippen LogP contribution in [0.15, 0.2) is 24.3 Å². The Balaban J connectivity index is 2.33. The van der Waals surface area contributed by atoms with Crippen LogP contribution < -0.4 is 5.73 Å². The molecule has 0 saturated carbocycles. The Bertz CT molecular complexity index is 575. The average Bonchev–Trinajstić information content (AvgIpc) is 2.72. The molecule has 6 nitrogen and oxygen atoms in total. The van der Waals surface area contributed by atoms with Gasteiger partial charge in [0.15, 0.2) is 6.04 Å². The van der Waals surface area contributed by atoms with E-state index in [1.165, 1.54) is 6.07 Å². The van der Waals surface area contributed by atoms with E-state index in [2.05, 4.69) is 0 Å². The lowest BCUT2D eigenvalue weighted by atomic mass is 10.1. The molecule has 106 valence electrons. The smallest absolute Gasteiger partial charge is 0.331 e. The van der Waals surface area contributed by atoms with E-state index in [9.17, 15) is 19.5 Å². The molecule has 0 aliphatic carbocycles. The van der Waals surface area contributed by atoms with Crippen molar-refractivity contribution < 1.29 is 19.5 Å². The van der Waals surface area contributed by atoms with Crippen LogP contribution >= 0.6 is 11.6 Å². The molecule has 1 aliphatic heterocycles. The quantitative estimate of drug-likeness (QED) is 0.858. The van der Waals surface area contributed by atoms with Gasteiger partial charge in [-0.3, -0.25) is 9.59 Å². The van der Waals surface area contributed by atoms with Crippen molar-refractivity contribution in [2.24, 2.45) is 11.7 Å². The maximum Gasteiger partial charge on any atom is 0.331 e. The van der Waals surface area contributed by atoms with Crippen molar-refractivity contribution >= 4 is 29.4 Å². The molecular formula is C13H13ClN2O4. The topological polar surface area (TPSA) is 101 Å². The summed E-state index contributed by atoms with van der Waals surface area (Å²) in [7, 11) is 0. The van der Waals surface area contributed by atoms with Crippen LogP contribution in [-0.2, 0) is 14.4 Å². The first kappa shape index (κ1) is 14.3. The van der Waals surface area contributed by atoms with Crippen LogP contribution in [0.3, 0.4) is 0 Å². The summed E-state index contributed by atoms with van der Waals surface area (Å²) in [6.45, 7) is 0.0116. The van der Waals surface area contributed by atoms with Crippen LogP contribution in [0.4, 0.5) is 0 Å². The number of halogens is 1. The predicted molar refractivity (Wildman–Crippen MR) is 70.8 cm³/mol. The Morgan fingerprint density at radius 2 is 2.15 bits per heavy atom. The van der Waals surface area contributed by atoms with Gasteiger partial charge in [0.1, 0.15) is 0 Å². The lowest BCUT2D eigenvalue weighted by Crippen LogP contribution is -2.36. The summed E-state index contributed by atoms with van der Waals surface area (Å²) >= 11 is 5.85. The molecule has 1 aliphatic rings. The number of carbonyl (C=O) groups excluding carboxylic acids is 2. The monoisotopic (exact) mass is 296 g/mol. The molecule has 0 spiro atoms. The third-order valence-corrected chi connectivity index (χ3v) is 3.51. The molecule has 3 N–H and O–H groups in total. The van der Waals surface area contributed by atoms with Crippen LogP contribution in [-0.4, -0.2) is 34.3 Å². The number of carbonyl (C=O) groups is 3.